The molecule has 4 nitrogen and oxygen atoms in total. The number of aryl methyl sites for hydroxylation is 2. The van der Waals surface area contributed by atoms with Crippen molar-refractivity contribution in [1.29, 1.82) is 0 Å². The highest BCUT2D eigenvalue weighted by Crippen LogP contribution is 2.18. The van der Waals surface area contributed by atoms with Crippen molar-refractivity contribution in [2.24, 2.45) is 7.05 Å². The van der Waals surface area contributed by atoms with Gasteiger partial charge in [0.1, 0.15) is 0 Å². The average molecular weight is 250 g/mol. The Morgan fingerprint density at radius 1 is 1.50 bits per heavy atom. The molecule has 0 amide bonds. The summed E-state index contributed by atoms with van der Waals surface area (Å²) < 4.78 is 2.03. The standard InChI is InChI=1S/C14H26N4/c1-6-12-7-13(17(5)16-12)9-18-10-14(3,4)15-8-11(18)2/h7,11,15H,6,8-10H2,1-5H3. The van der Waals surface area contributed by atoms with Crippen molar-refractivity contribution < 1.29 is 0 Å². The van der Waals surface area contributed by atoms with Gasteiger partial charge in [0.05, 0.1) is 11.4 Å². The highest BCUT2D eigenvalue weighted by Gasteiger charge is 2.30. The average Bonchev–Trinajstić information content (AvgIpc) is 2.65. The zero-order valence-electron chi connectivity index (χ0n) is 12.3. The molecule has 1 fully saturated rings. The summed E-state index contributed by atoms with van der Waals surface area (Å²) in [5.74, 6) is 0. The monoisotopic (exact) mass is 250 g/mol. The molecule has 1 aromatic heterocycles. The van der Waals surface area contributed by atoms with Gasteiger partial charge >= 0.3 is 0 Å². The van der Waals surface area contributed by atoms with Gasteiger partial charge in [-0.3, -0.25) is 9.58 Å². The van der Waals surface area contributed by atoms with Crippen LogP contribution in [0.25, 0.3) is 0 Å². The third-order valence-electron chi connectivity index (χ3n) is 3.85. The normalized spacial score (nSPS) is 24.4. The molecule has 1 aromatic rings. The lowest BCUT2D eigenvalue weighted by molar-refractivity contribution is 0.0953. The molecule has 0 radical (unpaired) electrons. The second-order valence-corrected chi connectivity index (χ2v) is 6.12. The second-order valence-electron chi connectivity index (χ2n) is 6.12. The molecule has 1 N–H and O–H groups in total. The van der Waals surface area contributed by atoms with E-state index in [4.69, 9.17) is 0 Å². The lowest BCUT2D eigenvalue weighted by Gasteiger charge is -2.43. The maximum atomic E-state index is 4.53. The lowest BCUT2D eigenvalue weighted by atomic mass is 9.99. The number of piperazine rings is 1. The predicted octanol–water partition coefficient (Wildman–Crippen LogP) is 1.55. The molecule has 2 rings (SSSR count). The van der Waals surface area contributed by atoms with E-state index in [1.807, 2.05) is 11.7 Å². The van der Waals surface area contributed by atoms with Crippen molar-refractivity contribution in [3.05, 3.63) is 17.5 Å². The minimum absolute atomic E-state index is 0.207. The molecular formula is C14H26N4. The Hall–Kier alpha value is -0.870. The summed E-state index contributed by atoms with van der Waals surface area (Å²) in [6, 6.07) is 2.82. The van der Waals surface area contributed by atoms with Crippen LogP contribution in [0.4, 0.5) is 0 Å². The SMILES string of the molecule is CCc1cc(CN2CC(C)(C)NCC2C)n(C)n1. The van der Waals surface area contributed by atoms with Crippen molar-refractivity contribution in [3.8, 4) is 0 Å². The molecule has 1 saturated heterocycles. The smallest absolute Gasteiger partial charge is 0.0625 e. The van der Waals surface area contributed by atoms with Crippen LogP contribution >= 0.6 is 0 Å². The van der Waals surface area contributed by atoms with Crippen LogP contribution in [-0.4, -0.2) is 39.4 Å². The van der Waals surface area contributed by atoms with Crippen LogP contribution < -0.4 is 5.32 Å². The summed E-state index contributed by atoms with van der Waals surface area (Å²) in [5, 5.41) is 8.12. The van der Waals surface area contributed by atoms with Crippen molar-refractivity contribution in [2.75, 3.05) is 13.1 Å². The third kappa shape index (κ3) is 2.93. The molecular weight excluding hydrogens is 224 g/mol. The van der Waals surface area contributed by atoms with Crippen molar-refractivity contribution >= 4 is 0 Å². The van der Waals surface area contributed by atoms with Crippen LogP contribution in [0.15, 0.2) is 6.07 Å². The Labute approximate surface area is 110 Å². The van der Waals surface area contributed by atoms with Gasteiger partial charge in [-0.05, 0) is 33.3 Å². The van der Waals surface area contributed by atoms with Gasteiger partial charge in [0.25, 0.3) is 0 Å². The van der Waals surface area contributed by atoms with Crippen LogP contribution in [0.3, 0.4) is 0 Å². The van der Waals surface area contributed by atoms with Gasteiger partial charge in [-0.15, -0.1) is 0 Å². The van der Waals surface area contributed by atoms with E-state index in [1.54, 1.807) is 0 Å². The zero-order chi connectivity index (χ0) is 13.3. The van der Waals surface area contributed by atoms with Crippen molar-refractivity contribution in [1.82, 2.24) is 20.0 Å². The number of hydrogen-bond donors (Lipinski definition) is 1. The first-order valence-electron chi connectivity index (χ1n) is 6.92. The van der Waals surface area contributed by atoms with Crippen LogP contribution in [0, 0.1) is 0 Å². The molecule has 0 spiro atoms. The topological polar surface area (TPSA) is 33.1 Å². The number of nitrogens with one attached hydrogen (secondary N) is 1. The van der Waals surface area contributed by atoms with Gasteiger partial charge < -0.3 is 5.32 Å². The van der Waals surface area contributed by atoms with Crippen LogP contribution in [0.2, 0.25) is 0 Å². The van der Waals surface area contributed by atoms with E-state index >= 15 is 0 Å². The highest BCUT2D eigenvalue weighted by atomic mass is 15.3. The predicted molar refractivity (Wildman–Crippen MR) is 74.5 cm³/mol. The summed E-state index contributed by atoms with van der Waals surface area (Å²) in [4.78, 5) is 2.55. The van der Waals surface area contributed by atoms with Crippen LogP contribution in [0.5, 0.6) is 0 Å². The molecule has 18 heavy (non-hydrogen) atoms. The molecule has 1 aliphatic rings. The van der Waals surface area contributed by atoms with Gasteiger partial charge in [-0.1, -0.05) is 6.92 Å². The van der Waals surface area contributed by atoms with Gasteiger partial charge in [-0.25, -0.2) is 0 Å². The fourth-order valence-corrected chi connectivity index (χ4v) is 2.58. The number of nitrogens with zero attached hydrogens (tertiary/aromatic N) is 3. The molecule has 1 atom stereocenters. The highest BCUT2D eigenvalue weighted by molar-refractivity contribution is 5.10. The Bertz CT molecular complexity index is 408. The lowest BCUT2D eigenvalue weighted by Crippen LogP contribution is -2.60. The summed E-state index contributed by atoms with van der Waals surface area (Å²) in [7, 11) is 2.05. The summed E-state index contributed by atoms with van der Waals surface area (Å²) in [6.07, 6.45) is 1.01. The van der Waals surface area contributed by atoms with Gasteiger partial charge in [0.2, 0.25) is 0 Å². The van der Waals surface area contributed by atoms with E-state index < -0.39 is 0 Å². The number of hydrogen-bond acceptors (Lipinski definition) is 3. The minimum atomic E-state index is 0.207. The molecule has 0 bridgehead atoms. The molecule has 0 aliphatic carbocycles. The van der Waals surface area contributed by atoms with E-state index in [1.165, 1.54) is 11.4 Å². The maximum absolute atomic E-state index is 4.53. The van der Waals surface area contributed by atoms with Crippen molar-refractivity contribution in [2.45, 2.75) is 52.2 Å². The van der Waals surface area contributed by atoms with E-state index in [0.717, 1.165) is 26.1 Å². The van der Waals surface area contributed by atoms with Crippen molar-refractivity contribution in [3.63, 3.8) is 0 Å². The first-order chi connectivity index (χ1) is 8.41. The van der Waals surface area contributed by atoms with Gasteiger partial charge in [0, 0.05) is 38.3 Å². The molecule has 2 heterocycles. The van der Waals surface area contributed by atoms with Crippen LogP contribution in [-0.2, 0) is 20.0 Å². The zero-order valence-corrected chi connectivity index (χ0v) is 12.3. The molecule has 1 unspecified atom stereocenters. The molecule has 4 heteroatoms. The molecule has 102 valence electrons. The third-order valence-corrected chi connectivity index (χ3v) is 3.85. The van der Waals surface area contributed by atoms with E-state index in [2.05, 4.69) is 49.1 Å². The molecule has 0 aromatic carbocycles. The first kappa shape index (κ1) is 13.6. The maximum Gasteiger partial charge on any atom is 0.0625 e. The van der Waals surface area contributed by atoms with E-state index in [0.29, 0.717) is 6.04 Å². The van der Waals surface area contributed by atoms with Crippen LogP contribution in [0.1, 0.15) is 39.1 Å². The Morgan fingerprint density at radius 3 is 2.83 bits per heavy atom. The second kappa shape index (κ2) is 5.02. The Morgan fingerprint density at radius 2 is 2.22 bits per heavy atom. The largest absolute Gasteiger partial charge is 0.309 e. The first-order valence-corrected chi connectivity index (χ1v) is 6.92. The summed E-state index contributed by atoms with van der Waals surface area (Å²) in [5.41, 5.74) is 2.71. The van der Waals surface area contributed by atoms with Gasteiger partial charge in [-0.2, -0.15) is 5.10 Å². The van der Waals surface area contributed by atoms with E-state index in [9.17, 15) is 0 Å². The number of rotatable bonds is 3. The fourth-order valence-electron chi connectivity index (χ4n) is 2.58. The fraction of sp³-hybridized carbons (Fsp3) is 0.786. The quantitative estimate of drug-likeness (QED) is 0.883. The van der Waals surface area contributed by atoms with E-state index in [-0.39, 0.29) is 5.54 Å². The minimum Gasteiger partial charge on any atom is -0.309 e. The van der Waals surface area contributed by atoms with Gasteiger partial charge in [0.15, 0.2) is 0 Å². The summed E-state index contributed by atoms with van der Waals surface area (Å²) >= 11 is 0. The number of aromatic nitrogens is 2. The Kier molecular flexibility index (Phi) is 3.78. The molecule has 0 saturated carbocycles. The Balaban J connectivity index is 2.09. The molecule has 1 aliphatic heterocycles. The summed E-state index contributed by atoms with van der Waals surface area (Å²) in [6.45, 7) is 12.1.